The molecule has 0 aromatic heterocycles. The van der Waals surface area contributed by atoms with Gasteiger partial charge in [-0.05, 0) is 19.3 Å². The van der Waals surface area contributed by atoms with Gasteiger partial charge >= 0.3 is 0 Å². The molecular weight excluding hydrogens is 130 g/mol. The van der Waals surface area contributed by atoms with E-state index in [-0.39, 0.29) is 12.5 Å². The third-order valence-corrected chi connectivity index (χ3v) is 0.859. The van der Waals surface area contributed by atoms with E-state index in [0.29, 0.717) is 13.0 Å². The summed E-state index contributed by atoms with van der Waals surface area (Å²) in [5.74, 6) is 4.51. The van der Waals surface area contributed by atoms with Crippen LogP contribution in [0.2, 0.25) is 0 Å². The standard InChI is InChI=1S/C7H11NO2/c1-2-4-7(10)8-5-3-6-9/h9H,3,5-6H2,1H3,(H,8,10). The highest BCUT2D eigenvalue weighted by Crippen LogP contribution is 1.71. The van der Waals surface area contributed by atoms with Crippen LogP contribution in [-0.2, 0) is 4.79 Å². The second-order valence-electron chi connectivity index (χ2n) is 1.71. The quantitative estimate of drug-likeness (QED) is 0.411. The van der Waals surface area contributed by atoms with Crippen molar-refractivity contribution in [3.05, 3.63) is 0 Å². The Morgan fingerprint density at radius 2 is 2.40 bits per heavy atom. The Balaban J connectivity index is 3.28. The molecule has 0 radical (unpaired) electrons. The Kier molecular flexibility index (Phi) is 5.50. The third-order valence-electron chi connectivity index (χ3n) is 0.859. The number of nitrogens with one attached hydrogen (secondary N) is 1. The van der Waals surface area contributed by atoms with Crippen LogP contribution in [0.1, 0.15) is 13.3 Å². The molecule has 0 rings (SSSR count). The highest BCUT2D eigenvalue weighted by molar-refractivity contribution is 5.93. The number of aliphatic hydroxyl groups excluding tert-OH is 1. The first kappa shape index (κ1) is 8.99. The summed E-state index contributed by atoms with van der Waals surface area (Å²) in [5.41, 5.74) is 0. The number of amides is 1. The molecule has 10 heavy (non-hydrogen) atoms. The van der Waals surface area contributed by atoms with Gasteiger partial charge in [0.1, 0.15) is 0 Å². The minimum Gasteiger partial charge on any atom is -0.396 e. The molecule has 0 aliphatic carbocycles. The normalized spacial score (nSPS) is 7.80. The molecule has 1 amide bonds. The molecule has 0 unspecified atom stereocenters. The minimum atomic E-state index is -0.282. The lowest BCUT2D eigenvalue weighted by atomic mass is 10.4. The van der Waals surface area contributed by atoms with E-state index in [9.17, 15) is 4.79 Å². The summed E-state index contributed by atoms with van der Waals surface area (Å²) in [7, 11) is 0. The summed E-state index contributed by atoms with van der Waals surface area (Å²) < 4.78 is 0. The largest absolute Gasteiger partial charge is 0.396 e. The van der Waals surface area contributed by atoms with Gasteiger partial charge in [0.05, 0.1) is 0 Å². The molecule has 0 saturated carbocycles. The Hall–Kier alpha value is -1.01. The van der Waals surface area contributed by atoms with E-state index in [0.717, 1.165) is 0 Å². The number of carbonyl (C=O) groups is 1. The van der Waals surface area contributed by atoms with Crippen LogP contribution in [0.5, 0.6) is 0 Å². The van der Waals surface area contributed by atoms with E-state index in [4.69, 9.17) is 5.11 Å². The van der Waals surface area contributed by atoms with Crippen molar-refractivity contribution in [2.45, 2.75) is 13.3 Å². The summed E-state index contributed by atoms with van der Waals surface area (Å²) in [6, 6.07) is 0. The van der Waals surface area contributed by atoms with Gasteiger partial charge in [0.25, 0.3) is 5.91 Å². The number of hydrogen-bond donors (Lipinski definition) is 2. The molecule has 0 aliphatic rings. The van der Waals surface area contributed by atoms with Gasteiger partial charge in [0, 0.05) is 13.2 Å². The van der Waals surface area contributed by atoms with Gasteiger partial charge in [0.15, 0.2) is 0 Å². The molecular formula is C7H11NO2. The Labute approximate surface area is 60.4 Å². The van der Waals surface area contributed by atoms with Crippen molar-refractivity contribution in [3.8, 4) is 11.8 Å². The number of hydrogen-bond acceptors (Lipinski definition) is 2. The maximum atomic E-state index is 10.6. The molecule has 0 fully saturated rings. The van der Waals surface area contributed by atoms with Crippen molar-refractivity contribution in [2.24, 2.45) is 0 Å². The predicted octanol–water partition coefficient (Wildman–Crippen LogP) is -0.492. The molecule has 0 saturated heterocycles. The molecule has 3 nitrogen and oxygen atoms in total. The van der Waals surface area contributed by atoms with Gasteiger partial charge < -0.3 is 10.4 Å². The highest BCUT2D eigenvalue weighted by Gasteiger charge is 1.90. The molecule has 0 heterocycles. The van der Waals surface area contributed by atoms with E-state index < -0.39 is 0 Å². The fourth-order valence-electron chi connectivity index (χ4n) is 0.439. The molecule has 0 aromatic rings. The Bertz CT molecular complexity index is 155. The van der Waals surface area contributed by atoms with Crippen LogP contribution in [0.25, 0.3) is 0 Å². The Morgan fingerprint density at radius 3 is 2.90 bits per heavy atom. The summed E-state index contributed by atoms with van der Waals surface area (Å²) in [6.07, 6.45) is 0.580. The second-order valence-corrected chi connectivity index (χ2v) is 1.71. The molecule has 2 N–H and O–H groups in total. The summed E-state index contributed by atoms with van der Waals surface area (Å²) >= 11 is 0. The fourth-order valence-corrected chi connectivity index (χ4v) is 0.439. The van der Waals surface area contributed by atoms with Gasteiger partial charge in [-0.15, -0.1) is 0 Å². The van der Waals surface area contributed by atoms with Crippen LogP contribution in [0, 0.1) is 11.8 Å². The molecule has 3 heteroatoms. The smallest absolute Gasteiger partial charge is 0.295 e. The number of carbonyl (C=O) groups excluding carboxylic acids is 1. The SMILES string of the molecule is CC#CC(=O)NCCCO. The van der Waals surface area contributed by atoms with Crippen molar-refractivity contribution in [2.75, 3.05) is 13.2 Å². The van der Waals surface area contributed by atoms with E-state index in [2.05, 4.69) is 17.2 Å². The van der Waals surface area contributed by atoms with Crippen LogP contribution in [0.4, 0.5) is 0 Å². The van der Waals surface area contributed by atoms with Gasteiger partial charge in [0.2, 0.25) is 0 Å². The third kappa shape index (κ3) is 5.13. The average molecular weight is 141 g/mol. The monoisotopic (exact) mass is 141 g/mol. The van der Waals surface area contributed by atoms with Gasteiger partial charge in [-0.2, -0.15) is 0 Å². The van der Waals surface area contributed by atoms with Gasteiger partial charge in [-0.1, -0.05) is 5.92 Å². The van der Waals surface area contributed by atoms with E-state index in [1.54, 1.807) is 6.92 Å². The fraction of sp³-hybridized carbons (Fsp3) is 0.571. The lowest BCUT2D eigenvalue weighted by Gasteiger charge is -1.95. The van der Waals surface area contributed by atoms with Crippen molar-refractivity contribution in [3.63, 3.8) is 0 Å². The topological polar surface area (TPSA) is 49.3 Å². The molecule has 56 valence electrons. The first-order chi connectivity index (χ1) is 4.81. The van der Waals surface area contributed by atoms with Crippen molar-refractivity contribution in [1.82, 2.24) is 5.32 Å². The zero-order valence-electron chi connectivity index (χ0n) is 5.98. The molecule has 0 spiro atoms. The van der Waals surface area contributed by atoms with Gasteiger partial charge in [-0.25, -0.2) is 0 Å². The predicted molar refractivity (Wildman–Crippen MR) is 38.2 cm³/mol. The van der Waals surface area contributed by atoms with Crippen molar-refractivity contribution < 1.29 is 9.90 Å². The van der Waals surface area contributed by atoms with E-state index in [1.165, 1.54) is 0 Å². The lowest BCUT2D eigenvalue weighted by molar-refractivity contribution is -0.115. The maximum absolute atomic E-state index is 10.6. The average Bonchev–Trinajstić information content (AvgIpc) is 1.89. The zero-order chi connectivity index (χ0) is 7.82. The van der Waals surface area contributed by atoms with Crippen LogP contribution >= 0.6 is 0 Å². The Morgan fingerprint density at radius 1 is 1.70 bits per heavy atom. The second kappa shape index (κ2) is 6.12. The molecule has 0 aliphatic heterocycles. The van der Waals surface area contributed by atoms with Crippen LogP contribution < -0.4 is 5.32 Å². The number of rotatable bonds is 3. The van der Waals surface area contributed by atoms with Gasteiger partial charge in [-0.3, -0.25) is 4.79 Å². The molecule has 0 aromatic carbocycles. The van der Waals surface area contributed by atoms with Crippen LogP contribution in [0.3, 0.4) is 0 Å². The maximum Gasteiger partial charge on any atom is 0.295 e. The van der Waals surface area contributed by atoms with Crippen LogP contribution in [0.15, 0.2) is 0 Å². The van der Waals surface area contributed by atoms with Crippen LogP contribution in [-0.4, -0.2) is 24.2 Å². The zero-order valence-corrected chi connectivity index (χ0v) is 5.98. The summed E-state index contributed by atoms with van der Waals surface area (Å²) in [6.45, 7) is 2.19. The highest BCUT2D eigenvalue weighted by atomic mass is 16.3. The molecule has 0 bridgehead atoms. The van der Waals surface area contributed by atoms with E-state index >= 15 is 0 Å². The molecule has 0 atom stereocenters. The van der Waals surface area contributed by atoms with E-state index in [1.807, 2.05) is 0 Å². The lowest BCUT2D eigenvalue weighted by Crippen LogP contribution is -2.23. The van der Waals surface area contributed by atoms with Crippen molar-refractivity contribution >= 4 is 5.91 Å². The minimum absolute atomic E-state index is 0.0971. The summed E-state index contributed by atoms with van der Waals surface area (Å²) in [5, 5.41) is 10.8. The first-order valence-electron chi connectivity index (χ1n) is 3.12. The summed E-state index contributed by atoms with van der Waals surface area (Å²) in [4.78, 5) is 10.6. The van der Waals surface area contributed by atoms with Crippen molar-refractivity contribution in [1.29, 1.82) is 0 Å². The number of aliphatic hydroxyl groups is 1. The first-order valence-corrected chi connectivity index (χ1v) is 3.12.